The number of urea groups is 1. The summed E-state index contributed by atoms with van der Waals surface area (Å²) < 4.78 is 17.0. The zero-order valence-corrected chi connectivity index (χ0v) is 20.1. The number of ether oxygens (including phenoxy) is 3. The third-order valence-electron chi connectivity index (χ3n) is 5.92. The highest BCUT2D eigenvalue weighted by atomic mass is 16.5. The van der Waals surface area contributed by atoms with E-state index >= 15 is 0 Å². The number of nitrogens with two attached hydrogens (primary N) is 1. The summed E-state index contributed by atoms with van der Waals surface area (Å²) in [5, 5.41) is 0. The minimum absolute atomic E-state index is 0.0172. The monoisotopic (exact) mass is 455 g/mol. The lowest BCUT2D eigenvalue weighted by atomic mass is 10.1. The standard InChI is InChI=1S/C26H37N3O4/c1-4-5-6-16-33-25-18-22(10-11-23(25)31-2)29-15-7-14-28(26(29)30)19-21-9-8-20(12-13-27)17-24(21)32-3/h8-11,17-18H,4-7,12-16,19,27H2,1-3H3. The van der Waals surface area contributed by atoms with Crippen molar-refractivity contribution in [3.05, 3.63) is 47.5 Å². The summed E-state index contributed by atoms with van der Waals surface area (Å²) in [7, 11) is 3.29. The van der Waals surface area contributed by atoms with Crippen LogP contribution in [-0.2, 0) is 13.0 Å². The van der Waals surface area contributed by atoms with Gasteiger partial charge in [-0.15, -0.1) is 0 Å². The molecule has 33 heavy (non-hydrogen) atoms. The molecule has 0 aliphatic carbocycles. The highest BCUT2D eigenvalue weighted by Crippen LogP contribution is 2.34. The van der Waals surface area contributed by atoms with E-state index in [9.17, 15) is 4.79 Å². The Kier molecular flexibility index (Phi) is 9.24. The Morgan fingerprint density at radius 1 is 0.970 bits per heavy atom. The Bertz CT molecular complexity index is 918. The van der Waals surface area contributed by atoms with Crippen molar-refractivity contribution in [2.45, 2.75) is 45.6 Å². The van der Waals surface area contributed by atoms with Gasteiger partial charge in [0.15, 0.2) is 11.5 Å². The first-order valence-corrected chi connectivity index (χ1v) is 11.8. The highest BCUT2D eigenvalue weighted by molar-refractivity contribution is 5.93. The number of amides is 2. The van der Waals surface area contributed by atoms with Crippen molar-refractivity contribution in [2.75, 3.05) is 45.4 Å². The van der Waals surface area contributed by atoms with Gasteiger partial charge in [0.1, 0.15) is 5.75 Å². The molecule has 0 radical (unpaired) electrons. The molecule has 1 heterocycles. The smallest absolute Gasteiger partial charge is 0.324 e. The number of carbonyl (C=O) groups excluding carboxylic acids is 1. The number of methoxy groups -OCH3 is 2. The molecule has 2 aromatic carbocycles. The molecule has 2 N–H and O–H groups in total. The Balaban J connectivity index is 1.75. The van der Waals surface area contributed by atoms with Gasteiger partial charge >= 0.3 is 6.03 Å². The van der Waals surface area contributed by atoms with Crippen molar-refractivity contribution < 1.29 is 19.0 Å². The van der Waals surface area contributed by atoms with Crippen LogP contribution in [-0.4, -0.2) is 51.4 Å². The Labute approximate surface area is 197 Å². The molecule has 0 atom stereocenters. The third kappa shape index (κ3) is 6.32. The molecular formula is C26H37N3O4. The molecule has 0 unspecified atom stereocenters. The molecule has 0 saturated carbocycles. The van der Waals surface area contributed by atoms with Gasteiger partial charge in [0.2, 0.25) is 0 Å². The third-order valence-corrected chi connectivity index (χ3v) is 5.92. The molecule has 1 aliphatic heterocycles. The van der Waals surface area contributed by atoms with Crippen LogP contribution in [0.2, 0.25) is 0 Å². The van der Waals surface area contributed by atoms with Crippen molar-refractivity contribution >= 4 is 11.7 Å². The van der Waals surface area contributed by atoms with Crippen molar-refractivity contribution in [3.63, 3.8) is 0 Å². The first-order valence-electron chi connectivity index (χ1n) is 11.8. The fourth-order valence-corrected chi connectivity index (χ4v) is 4.10. The second-order valence-corrected chi connectivity index (χ2v) is 8.28. The van der Waals surface area contributed by atoms with Gasteiger partial charge in [0, 0.05) is 30.4 Å². The van der Waals surface area contributed by atoms with Crippen LogP contribution in [0.5, 0.6) is 17.2 Å². The van der Waals surface area contributed by atoms with Gasteiger partial charge in [-0.25, -0.2) is 4.79 Å². The minimum Gasteiger partial charge on any atom is -0.496 e. The summed E-state index contributed by atoms with van der Waals surface area (Å²) in [5.74, 6) is 2.14. The van der Waals surface area contributed by atoms with Gasteiger partial charge < -0.3 is 24.8 Å². The van der Waals surface area contributed by atoms with Crippen LogP contribution < -0.4 is 24.8 Å². The number of hydrogen-bond acceptors (Lipinski definition) is 5. The predicted octanol–water partition coefficient (Wildman–Crippen LogP) is 4.61. The van der Waals surface area contributed by atoms with Gasteiger partial charge in [0.25, 0.3) is 0 Å². The predicted molar refractivity (Wildman–Crippen MR) is 132 cm³/mol. The van der Waals surface area contributed by atoms with Gasteiger partial charge in [-0.2, -0.15) is 0 Å². The fraction of sp³-hybridized carbons (Fsp3) is 0.500. The van der Waals surface area contributed by atoms with Gasteiger partial charge in [-0.3, -0.25) is 4.90 Å². The first-order chi connectivity index (χ1) is 16.1. The number of nitrogens with zero attached hydrogens (tertiary/aromatic N) is 2. The van der Waals surface area contributed by atoms with E-state index in [4.69, 9.17) is 19.9 Å². The Hall–Kier alpha value is -2.93. The molecule has 0 bridgehead atoms. The molecule has 7 nitrogen and oxygen atoms in total. The average molecular weight is 456 g/mol. The van der Waals surface area contributed by atoms with E-state index in [0.717, 1.165) is 54.7 Å². The molecule has 0 aromatic heterocycles. The molecule has 1 aliphatic rings. The van der Waals surface area contributed by atoms with Crippen LogP contribution in [0.25, 0.3) is 0 Å². The molecule has 2 aromatic rings. The van der Waals surface area contributed by atoms with Crippen LogP contribution in [0.3, 0.4) is 0 Å². The van der Waals surface area contributed by atoms with Crippen molar-refractivity contribution in [2.24, 2.45) is 5.73 Å². The lowest BCUT2D eigenvalue weighted by Gasteiger charge is -2.36. The summed E-state index contributed by atoms with van der Waals surface area (Å²) >= 11 is 0. The number of unbranched alkanes of at least 4 members (excludes halogenated alkanes) is 2. The van der Waals surface area contributed by atoms with Crippen molar-refractivity contribution in [1.82, 2.24) is 4.90 Å². The van der Waals surface area contributed by atoms with E-state index in [-0.39, 0.29) is 6.03 Å². The number of rotatable bonds is 12. The zero-order chi connectivity index (χ0) is 23.6. The van der Waals surface area contributed by atoms with Gasteiger partial charge in [-0.1, -0.05) is 31.9 Å². The number of benzene rings is 2. The van der Waals surface area contributed by atoms with Crippen LogP contribution >= 0.6 is 0 Å². The SMILES string of the molecule is CCCCCOc1cc(N2CCCN(Cc3ccc(CCN)cc3OC)C2=O)ccc1OC. The topological polar surface area (TPSA) is 77.3 Å². The largest absolute Gasteiger partial charge is 0.496 e. The molecule has 1 fully saturated rings. The Morgan fingerprint density at radius 2 is 1.79 bits per heavy atom. The Morgan fingerprint density at radius 3 is 2.52 bits per heavy atom. The quantitative estimate of drug-likeness (QED) is 0.473. The van der Waals surface area contributed by atoms with E-state index < -0.39 is 0 Å². The van der Waals surface area contributed by atoms with Crippen LogP contribution in [0.4, 0.5) is 10.5 Å². The van der Waals surface area contributed by atoms with E-state index in [1.165, 1.54) is 0 Å². The van der Waals surface area contributed by atoms with Crippen LogP contribution in [0.1, 0.15) is 43.7 Å². The molecule has 1 saturated heterocycles. The molecule has 2 amide bonds. The lowest BCUT2D eigenvalue weighted by molar-refractivity contribution is 0.191. The maximum Gasteiger partial charge on any atom is 0.324 e. The summed E-state index contributed by atoms with van der Waals surface area (Å²) in [6.45, 7) is 5.27. The number of hydrogen-bond donors (Lipinski definition) is 1. The molecular weight excluding hydrogens is 418 g/mol. The fourth-order valence-electron chi connectivity index (χ4n) is 4.10. The number of anilines is 1. The van der Waals surface area contributed by atoms with E-state index in [2.05, 4.69) is 13.0 Å². The summed E-state index contributed by atoms with van der Waals surface area (Å²) in [6, 6.07) is 11.8. The summed E-state index contributed by atoms with van der Waals surface area (Å²) in [6.07, 6.45) is 4.94. The van der Waals surface area contributed by atoms with Crippen LogP contribution in [0.15, 0.2) is 36.4 Å². The summed E-state index contributed by atoms with van der Waals surface area (Å²) in [5.41, 5.74) is 8.62. The number of carbonyl (C=O) groups is 1. The van der Waals surface area contributed by atoms with Gasteiger partial charge in [-0.05, 0) is 49.6 Å². The van der Waals surface area contributed by atoms with E-state index in [1.807, 2.05) is 40.1 Å². The van der Waals surface area contributed by atoms with Crippen LogP contribution in [0, 0.1) is 0 Å². The molecule has 0 spiro atoms. The second kappa shape index (κ2) is 12.3. The zero-order valence-electron chi connectivity index (χ0n) is 20.1. The van der Waals surface area contributed by atoms with Crippen molar-refractivity contribution in [1.29, 1.82) is 0 Å². The molecule has 3 rings (SSSR count). The van der Waals surface area contributed by atoms with Gasteiger partial charge in [0.05, 0.1) is 27.4 Å². The van der Waals surface area contributed by atoms with E-state index in [1.54, 1.807) is 14.2 Å². The summed E-state index contributed by atoms with van der Waals surface area (Å²) in [4.78, 5) is 17.1. The second-order valence-electron chi connectivity index (χ2n) is 8.28. The van der Waals surface area contributed by atoms with E-state index in [0.29, 0.717) is 44.3 Å². The average Bonchev–Trinajstić information content (AvgIpc) is 2.84. The van der Waals surface area contributed by atoms with Crippen molar-refractivity contribution in [3.8, 4) is 17.2 Å². The molecule has 7 heteroatoms. The maximum absolute atomic E-state index is 13.4. The normalized spacial score (nSPS) is 13.9. The first kappa shape index (κ1) is 24.7. The lowest BCUT2D eigenvalue weighted by Crippen LogP contribution is -2.49. The maximum atomic E-state index is 13.4. The minimum atomic E-state index is -0.0172. The highest BCUT2D eigenvalue weighted by Gasteiger charge is 2.28. The molecule has 180 valence electrons.